The van der Waals surface area contributed by atoms with Gasteiger partial charge in [0.1, 0.15) is 24.7 Å². The molecule has 0 unspecified atom stereocenters. The van der Waals surface area contributed by atoms with Crippen LogP contribution in [0.25, 0.3) is 0 Å². The fourth-order valence-electron chi connectivity index (χ4n) is 5.08. The van der Waals surface area contributed by atoms with Crippen LogP contribution in [0.4, 0.5) is 0 Å². The van der Waals surface area contributed by atoms with E-state index in [1.54, 1.807) is 0 Å². The average Bonchev–Trinajstić information content (AvgIpc) is 2.97. The van der Waals surface area contributed by atoms with Gasteiger partial charge in [-0.3, -0.25) is 0 Å². The van der Waals surface area contributed by atoms with Gasteiger partial charge in [-0.2, -0.15) is 0 Å². The first-order valence-corrected chi connectivity index (χ1v) is 14.4. The Morgan fingerprint density at radius 1 is 0.575 bits per heavy atom. The normalized spacial score (nSPS) is 13.0. The van der Waals surface area contributed by atoms with Crippen molar-refractivity contribution < 1.29 is 9.47 Å². The fraction of sp³-hybridized carbons (Fsp3) is 0.333. The number of hydrogen-bond donors (Lipinski definition) is 2. The van der Waals surface area contributed by atoms with Gasteiger partial charge in [-0.25, -0.2) is 0 Å². The lowest BCUT2D eigenvalue weighted by Gasteiger charge is -2.32. The third-order valence-electron chi connectivity index (χ3n) is 7.19. The van der Waals surface area contributed by atoms with Crippen molar-refractivity contribution in [2.24, 2.45) is 5.41 Å². The van der Waals surface area contributed by atoms with Crippen LogP contribution in [-0.4, -0.2) is 13.2 Å². The van der Waals surface area contributed by atoms with Gasteiger partial charge < -0.3 is 20.1 Å². The van der Waals surface area contributed by atoms with Crippen LogP contribution in [0, 0.1) is 5.41 Å². The Morgan fingerprint density at radius 2 is 1.02 bits per heavy atom. The molecule has 0 aliphatic heterocycles. The van der Waals surface area contributed by atoms with Crippen LogP contribution >= 0.6 is 0 Å². The molecule has 210 valence electrons. The monoisotopic (exact) mass is 536 g/mol. The van der Waals surface area contributed by atoms with Crippen molar-refractivity contribution in [1.29, 1.82) is 0 Å². The van der Waals surface area contributed by atoms with E-state index in [0.717, 1.165) is 42.1 Å². The highest BCUT2D eigenvalue weighted by molar-refractivity contribution is 5.35. The smallest absolute Gasteiger partial charge is 0.123 e. The van der Waals surface area contributed by atoms with Gasteiger partial charge in [-0.05, 0) is 35.1 Å². The summed E-state index contributed by atoms with van der Waals surface area (Å²) in [6, 6.07) is 38.3. The standard InChI is InChI=1S/C36H44N2O2/c1-5-32(28-16-8-6-9-17-28)37-26-30-20-12-14-22-33(30)39-24-25-40-34-23-15-13-21-31(34)27-38-35(36(2,3)4)29-18-10-7-11-19-29/h6-23,32,35,37-38H,5,24-27H2,1-4H3/t32-,35-/m0/s1. The molecule has 4 aromatic rings. The maximum Gasteiger partial charge on any atom is 0.123 e. The summed E-state index contributed by atoms with van der Waals surface area (Å²) in [6.45, 7) is 11.4. The first-order valence-electron chi connectivity index (χ1n) is 14.4. The Morgan fingerprint density at radius 3 is 1.52 bits per heavy atom. The molecule has 0 heterocycles. The zero-order chi connectivity index (χ0) is 28.2. The van der Waals surface area contributed by atoms with Crippen molar-refractivity contribution in [2.45, 2.75) is 59.3 Å². The lowest BCUT2D eigenvalue weighted by molar-refractivity contribution is 0.213. The summed E-state index contributed by atoms with van der Waals surface area (Å²) in [5.74, 6) is 1.79. The van der Waals surface area contributed by atoms with E-state index < -0.39 is 0 Å². The topological polar surface area (TPSA) is 42.5 Å². The molecule has 2 atom stereocenters. The first kappa shape index (κ1) is 29.4. The van der Waals surface area contributed by atoms with E-state index in [1.807, 2.05) is 24.3 Å². The summed E-state index contributed by atoms with van der Waals surface area (Å²) in [7, 11) is 0. The van der Waals surface area contributed by atoms with Gasteiger partial charge in [0.25, 0.3) is 0 Å². The van der Waals surface area contributed by atoms with Gasteiger partial charge >= 0.3 is 0 Å². The molecule has 0 aliphatic carbocycles. The summed E-state index contributed by atoms with van der Waals surface area (Å²) in [5.41, 5.74) is 4.97. The zero-order valence-electron chi connectivity index (χ0n) is 24.4. The van der Waals surface area contributed by atoms with Crippen molar-refractivity contribution in [1.82, 2.24) is 10.6 Å². The third-order valence-corrected chi connectivity index (χ3v) is 7.19. The molecule has 0 radical (unpaired) electrons. The summed E-state index contributed by atoms with van der Waals surface area (Å²) in [4.78, 5) is 0. The molecule has 0 aliphatic rings. The molecule has 4 heteroatoms. The van der Waals surface area contributed by atoms with Gasteiger partial charge in [-0.1, -0.05) is 125 Å². The van der Waals surface area contributed by atoms with Crippen LogP contribution < -0.4 is 20.1 Å². The molecule has 40 heavy (non-hydrogen) atoms. The lowest BCUT2D eigenvalue weighted by atomic mass is 9.82. The van der Waals surface area contributed by atoms with Crippen LogP contribution in [0.3, 0.4) is 0 Å². The van der Waals surface area contributed by atoms with Gasteiger partial charge in [0.05, 0.1) is 0 Å². The maximum absolute atomic E-state index is 6.22. The predicted molar refractivity (Wildman–Crippen MR) is 166 cm³/mol. The zero-order valence-corrected chi connectivity index (χ0v) is 24.4. The molecule has 0 aromatic heterocycles. The second-order valence-electron chi connectivity index (χ2n) is 11.3. The van der Waals surface area contributed by atoms with Crippen LogP contribution in [0.2, 0.25) is 0 Å². The second kappa shape index (κ2) is 14.7. The summed E-state index contributed by atoms with van der Waals surface area (Å²) in [5, 5.41) is 7.47. The molecule has 2 N–H and O–H groups in total. The van der Waals surface area contributed by atoms with Crippen molar-refractivity contribution >= 4 is 0 Å². The Kier molecular flexibility index (Phi) is 10.8. The predicted octanol–water partition coefficient (Wildman–Crippen LogP) is 8.26. The number of hydrogen-bond acceptors (Lipinski definition) is 4. The molecular formula is C36H44N2O2. The highest BCUT2D eigenvalue weighted by atomic mass is 16.5. The van der Waals surface area contributed by atoms with Crippen LogP contribution in [0.15, 0.2) is 109 Å². The van der Waals surface area contributed by atoms with Crippen molar-refractivity contribution in [2.75, 3.05) is 13.2 Å². The summed E-state index contributed by atoms with van der Waals surface area (Å²) in [6.07, 6.45) is 1.02. The van der Waals surface area contributed by atoms with E-state index in [2.05, 4.69) is 123 Å². The molecule has 0 saturated heterocycles. The van der Waals surface area contributed by atoms with Crippen molar-refractivity contribution in [3.05, 3.63) is 131 Å². The molecule has 4 aromatic carbocycles. The highest BCUT2D eigenvalue weighted by Gasteiger charge is 2.25. The highest BCUT2D eigenvalue weighted by Crippen LogP contribution is 2.33. The number of ether oxygens (including phenoxy) is 2. The molecule has 0 bridgehead atoms. The number of rotatable bonds is 14. The Bertz CT molecular complexity index is 1280. The first-order chi connectivity index (χ1) is 19.5. The molecule has 0 amide bonds. The minimum absolute atomic E-state index is 0.0749. The molecule has 0 fully saturated rings. The van der Waals surface area contributed by atoms with Crippen LogP contribution in [0.5, 0.6) is 11.5 Å². The van der Waals surface area contributed by atoms with E-state index in [1.165, 1.54) is 11.1 Å². The van der Waals surface area contributed by atoms with Gasteiger partial charge in [-0.15, -0.1) is 0 Å². The minimum atomic E-state index is 0.0749. The van der Waals surface area contributed by atoms with E-state index in [4.69, 9.17) is 9.47 Å². The van der Waals surface area contributed by atoms with Crippen molar-refractivity contribution in [3.8, 4) is 11.5 Å². The number of nitrogens with one attached hydrogen (secondary N) is 2. The molecule has 4 nitrogen and oxygen atoms in total. The lowest BCUT2D eigenvalue weighted by Crippen LogP contribution is -2.32. The van der Waals surface area contributed by atoms with E-state index in [0.29, 0.717) is 19.3 Å². The number of benzene rings is 4. The largest absolute Gasteiger partial charge is 0.490 e. The Labute approximate surface area is 240 Å². The molecule has 0 saturated carbocycles. The minimum Gasteiger partial charge on any atom is -0.490 e. The SMILES string of the molecule is CC[C@H](NCc1ccccc1OCCOc1ccccc1CN[C@@H](c1ccccc1)C(C)(C)C)c1ccccc1. The fourth-order valence-corrected chi connectivity index (χ4v) is 5.08. The van der Waals surface area contributed by atoms with Gasteiger partial charge in [0.15, 0.2) is 0 Å². The second-order valence-corrected chi connectivity index (χ2v) is 11.3. The third kappa shape index (κ3) is 8.45. The van der Waals surface area contributed by atoms with Gasteiger partial charge in [0.2, 0.25) is 0 Å². The average molecular weight is 537 g/mol. The van der Waals surface area contributed by atoms with Crippen LogP contribution in [-0.2, 0) is 13.1 Å². The summed E-state index contributed by atoms with van der Waals surface area (Å²) < 4.78 is 12.4. The molecular weight excluding hydrogens is 492 g/mol. The van der Waals surface area contributed by atoms with Crippen LogP contribution in [0.1, 0.15) is 68.5 Å². The van der Waals surface area contributed by atoms with E-state index in [9.17, 15) is 0 Å². The number of para-hydroxylation sites is 2. The Hall–Kier alpha value is -3.60. The summed E-state index contributed by atoms with van der Waals surface area (Å²) >= 11 is 0. The molecule has 4 rings (SSSR count). The quantitative estimate of drug-likeness (QED) is 0.159. The van der Waals surface area contributed by atoms with E-state index in [-0.39, 0.29) is 11.5 Å². The van der Waals surface area contributed by atoms with Crippen molar-refractivity contribution in [3.63, 3.8) is 0 Å². The maximum atomic E-state index is 6.22. The van der Waals surface area contributed by atoms with Gasteiger partial charge in [0, 0.05) is 36.3 Å². The molecule has 0 spiro atoms. The Balaban J connectivity index is 1.31. The van der Waals surface area contributed by atoms with E-state index >= 15 is 0 Å².